The second-order valence-electron chi connectivity index (χ2n) is 5.22. The largest absolute Gasteiger partial charge is 0.491 e. The van der Waals surface area contributed by atoms with Crippen LogP contribution in [0.2, 0.25) is 0 Å². The van der Waals surface area contributed by atoms with Crippen LogP contribution in [0.1, 0.15) is 47.0 Å². The van der Waals surface area contributed by atoms with E-state index in [1.165, 1.54) is 0 Å². The van der Waals surface area contributed by atoms with E-state index in [2.05, 4.69) is 18.3 Å². The molecule has 0 fully saturated rings. The van der Waals surface area contributed by atoms with Gasteiger partial charge in [-0.1, -0.05) is 26.8 Å². The van der Waals surface area contributed by atoms with Gasteiger partial charge in [0.1, 0.15) is 11.2 Å². The molecule has 0 aliphatic carbocycles. The van der Waals surface area contributed by atoms with E-state index >= 15 is 0 Å². The molecular formula is C17H24N2O2. The van der Waals surface area contributed by atoms with Crippen molar-refractivity contribution in [2.75, 3.05) is 5.32 Å². The van der Waals surface area contributed by atoms with E-state index in [1.807, 2.05) is 32.9 Å². The summed E-state index contributed by atoms with van der Waals surface area (Å²) in [5.41, 5.74) is -0.310. The molecule has 0 saturated carbocycles. The van der Waals surface area contributed by atoms with Crippen LogP contribution >= 0.6 is 0 Å². The lowest BCUT2D eigenvalue weighted by Gasteiger charge is -2.22. The number of carbonyl (C=O) groups excluding carboxylic acids is 1. The summed E-state index contributed by atoms with van der Waals surface area (Å²) in [6.07, 6.45) is 2.03. The monoisotopic (exact) mass is 288 g/mol. The lowest BCUT2D eigenvalue weighted by molar-refractivity contribution is -0.123. The molecule has 0 heterocycles. The Kier molecular flexibility index (Phi) is 6.23. The van der Waals surface area contributed by atoms with E-state index in [0.29, 0.717) is 18.5 Å². The molecular weight excluding hydrogens is 264 g/mol. The molecule has 0 bridgehead atoms. The van der Waals surface area contributed by atoms with Gasteiger partial charge in [-0.15, -0.1) is 0 Å². The van der Waals surface area contributed by atoms with Crippen molar-refractivity contribution >= 4 is 11.6 Å². The van der Waals surface area contributed by atoms with Crippen LogP contribution in [-0.4, -0.2) is 12.0 Å². The average molecular weight is 288 g/mol. The molecule has 0 radical (unpaired) electrons. The molecule has 1 unspecified atom stereocenters. The molecule has 1 aromatic carbocycles. The number of benzene rings is 1. The van der Waals surface area contributed by atoms with E-state index in [-0.39, 0.29) is 12.0 Å². The normalized spacial score (nSPS) is 12.3. The molecule has 0 aliphatic rings. The first-order valence-electron chi connectivity index (χ1n) is 7.50. The summed E-state index contributed by atoms with van der Waals surface area (Å²) in [6.45, 7) is 7.77. The fourth-order valence-electron chi connectivity index (χ4n) is 1.99. The number of anilines is 1. The molecule has 1 atom stereocenters. The summed E-state index contributed by atoms with van der Waals surface area (Å²) in [5.74, 6) is 0.466. The van der Waals surface area contributed by atoms with Crippen molar-refractivity contribution in [3.63, 3.8) is 0 Å². The third-order valence-electron chi connectivity index (χ3n) is 3.86. The van der Waals surface area contributed by atoms with Gasteiger partial charge in [0.2, 0.25) is 5.91 Å². The molecule has 0 saturated heterocycles. The zero-order valence-corrected chi connectivity index (χ0v) is 13.3. The SMILES string of the molecule is CCC(C)Oc1cccc(NC(=O)C(C#N)(CC)CC)c1. The Morgan fingerprint density at radius 3 is 2.57 bits per heavy atom. The zero-order valence-electron chi connectivity index (χ0n) is 13.3. The molecule has 0 aromatic heterocycles. The van der Waals surface area contributed by atoms with Gasteiger partial charge < -0.3 is 10.1 Å². The van der Waals surface area contributed by atoms with Crippen LogP contribution in [0.25, 0.3) is 0 Å². The topological polar surface area (TPSA) is 62.1 Å². The second kappa shape index (κ2) is 7.68. The smallest absolute Gasteiger partial charge is 0.244 e. The Morgan fingerprint density at radius 2 is 2.05 bits per heavy atom. The lowest BCUT2D eigenvalue weighted by Crippen LogP contribution is -2.33. The molecule has 114 valence electrons. The van der Waals surface area contributed by atoms with Crippen LogP contribution in [0.4, 0.5) is 5.69 Å². The van der Waals surface area contributed by atoms with Crippen molar-refractivity contribution in [1.82, 2.24) is 0 Å². The van der Waals surface area contributed by atoms with Crippen molar-refractivity contribution in [2.24, 2.45) is 5.41 Å². The number of rotatable bonds is 7. The van der Waals surface area contributed by atoms with Crippen LogP contribution < -0.4 is 10.1 Å². The number of carbonyl (C=O) groups is 1. The number of nitriles is 1. The van der Waals surface area contributed by atoms with Gasteiger partial charge in [-0.05, 0) is 38.3 Å². The molecule has 0 spiro atoms. The number of ether oxygens (including phenoxy) is 1. The Labute approximate surface area is 127 Å². The van der Waals surface area contributed by atoms with E-state index in [0.717, 1.165) is 12.2 Å². The van der Waals surface area contributed by atoms with Gasteiger partial charge in [0.25, 0.3) is 0 Å². The minimum atomic E-state index is -0.965. The average Bonchev–Trinajstić information content (AvgIpc) is 2.50. The maximum Gasteiger partial charge on any atom is 0.244 e. The van der Waals surface area contributed by atoms with Gasteiger partial charge in [-0.3, -0.25) is 4.79 Å². The summed E-state index contributed by atoms with van der Waals surface area (Å²) in [6, 6.07) is 9.43. The van der Waals surface area contributed by atoms with E-state index < -0.39 is 5.41 Å². The highest BCUT2D eigenvalue weighted by atomic mass is 16.5. The van der Waals surface area contributed by atoms with E-state index in [9.17, 15) is 10.1 Å². The van der Waals surface area contributed by atoms with Crippen LogP contribution in [0.15, 0.2) is 24.3 Å². The van der Waals surface area contributed by atoms with Crippen LogP contribution in [0.5, 0.6) is 5.75 Å². The Bertz CT molecular complexity index is 516. The van der Waals surface area contributed by atoms with Crippen molar-refractivity contribution in [3.05, 3.63) is 24.3 Å². The maximum atomic E-state index is 12.3. The summed E-state index contributed by atoms with van der Waals surface area (Å²) >= 11 is 0. The Balaban J connectivity index is 2.86. The summed E-state index contributed by atoms with van der Waals surface area (Å²) in [4.78, 5) is 12.3. The van der Waals surface area contributed by atoms with Crippen molar-refractivity contribution < 1.29 is 9.53 Å². The van der Waals surface area contributed by atoms with Crippen molar-refractivity contribution in [2.45, 2.75) is 53.1 Å². The van der Waals surface area contributed by atoms with Gasteiger partial charge in [0, 0.05) is 11.8 Å². The predicted molar refractivity (Wildman–Crippen MR) is 84.1 cm³/mol. The maximum absolute atomic E-state index is 12.3. The van der Waals surface area contributed by atoms with Gasteiger partial charge in [0.15, 0.2) is 0 Å². The highest BCUT2D eigenvalue weighted by Gasteiger charge is 2.35. The first-order valence-corrected chi connectivity index (χ1v) is 7.50. The molecule has 4 nitrogen and oxygen atoms in total. The number of hydrogen-bond donors (Lipinski definition) is 1. The van der Waals surface area contributed by atoms with Gasteiger partial charge in [-0.2, -0.15) is 5.26 Å². The van der Waals surface area contributed by atoms with E-state index in [1.54, 1.807) is 12.1 Å². The fourth-order valence-corrected chi connectivity index (χ4v) is 1.99. The number of nitrogens with zero attached hydrogens (tertiary/aromatic N) is 1. The first-order chi connectivity index (χ1) is 10.0. The summed E-state index contributed by atoms with van der Waals surface area (Å²) in [5, 5.41) is 12.1. The molecule has 0 aliphatic heterocycles. The standard InChI is InChI=1S/C17H24N2O2/c1-5-13(4)21-15-10-8-9-14(11-15)19-16(20)17(6-2,7-3)12-18/h8-11,13H,5-7H2,1-4H3,(H,19,20). The third-order valence-corrected chi connectivity index (χ3v) is 3.86. The highest BCUT2D eigenvalue weighted by Crippen LogP contribution is 2.28. The van der Waals surface area contributed by atoms with Crippen LogP contribution in [0.3, 0.4) is 0 Å². The lowest BCUT2D eigenvalue weighted by atomic mass is 9.83. The molecule has 4 heteroatoms. The number of amides is 1. The predicted octanol–water partition coefficient (Wildman–Crippen LogP) is 4.13. The third kappa shape index (κ3) is 4.22. The molecule has 21 heavy (non-hydrogen) atoms. The zero-order chi connectivity index (χ0) is 15.9. The molecule has 1 aromatic rings. The fraction of sp³-hybridized carbons (Fsp3) is 0.529. The van der Waals surface area contributed by atoms with Crippen molar-refractivity contribution in [3.8, 4) is 11.8 Å². The van der Waals surface area contributed by atoms with Crippen LogP contribution in [-0.2, 0) is 4.79 Å². The van der Waals surface area contributed by atoms with Crippen molar-refractivity contribution in [1.29, 1.82) is 5.26 Å². The molecule has 1 N–H and O–H groups in total. The van der Waals surface area contributed by atoms with Gasteiger partial charge >= 0.3 is 0 Å². The van der Waals surface area contributed by atoms with Gasteiger partial charge in [0.05, 0.1) is 12.2 Å². The number of nitrogens with one attached hydrogen (secondary N) is 1. The second-order valence-corrected chi connectivity index (χ2v) is 5.22. The first kappa shape index (κ1) is 17.0. The molecule has 1 rings (SSSR count). The van der Waals surface area contributed by atoms with Gasteiger partial charge in [-0.25, -0.2) is 0 Å². The molecule has 1 amide bonds. The quantitative estimate of drug-likeness (QED) is 0.820. The van der Waals surface area contributed by atoms with Crippen LogP contribution in [0, 0.1) is 16.7 Å². The number of hydrogen-bond acceptors (Lipinski definition) is 3. The Morgan fingerprint density at radius 1 is 1.38 bits per heavy atom. The Hall–Kier alpha value is -2.02. The minimum Gasteiger partial charge on any atom is -0.491 e. The highest BCUT2D eigenvalue weighted by molar-refractivity contribution is 5.97. The van der Waals surface area contributed by atoms with E-state index in [4.69, 9.17) is 4.74 Å². The minimum absolute atomic E-state index is 0.125. The summed E-state index contributed by atoms with van der Waals surface area (Å²) in [7, 11) is 0. The summed E-state index contributed by atoms with van der Waals surface area (Å²) < 4.78 is 5.73.